The van der Waals surface area contributed by atoms with Gasteiger partial charge in [-0.2, -0.15) is 0 Å². The van der Waals surface area contributed by atoms with Crippen LogP contribution in [0.15, 0.2) is 0 Å². The minimum atomic E-state index is 0.0785. The summed E-state index contributed by atoms with van der Waals surface area (Å²) in [6.45, 7) is 8.24. The zero-order valence-corrected chi connectivity index (χ0v) is 13.4. The Labute approximate surface area is 123 Å². The van der Waals surface area contributed by atoms with Gasteiger partial charge in [0.2, 0.25) is 5.91 Å². The van der Waals surface area contributed by atoms with Gasteiger partial charge in [0.1, 0.15) is 0 Å². The van der Waals surface area contributed by atoms with Crippen molar-refractivity contribution in [3.8, 4) is 0 Å². The Morgan fingerprint density at radius 2 is 1.90 bits per heavy atom. The molecule has 0 heterocycles. The fraction of sp³-hybridized carbons (Fsp3) is 0.938. The molecule has 0 unspecified atom stereocenters. The zero-order valence-electron chi connectivity index (χ0n) is 13.4. The van der Waals surface area contributed by atoms with Crippen molar-refractivity contribution in [1.29, 1.82) is 0 Å². The van der Waals surface area contributed by atoms with E-state index in [1.807, 2.05) is 0 Å². The van der Waals surface area contributed by atoms with Crippen LogP contribution >= 0.6 is 0 Å². The zero-order chi connectivity index (χ0) is 15.0. The Balaban J connectivity index is 2.46. The predicted octanol–water partition coefficient (Wildman–Crippen LogP) is 2.02. The molecule has 0 aromatic heterocycles. The normalized spacial score (nSPS) is 18.5. The molecular weight excluding hydrogens is 252 g/mol. The molecule has 0 spiro atoms. The molecular formula is C16H32N2O2. The van der Waals surface area contributed by atoms with Gasteiger partial charge in [-0.15, -0.1) is 0 Å². The van der Waals surface area contributed by atoms with Crippen LogP contribution in [0.5, 0.6) is 0 Å². The number of nitrogens with one attached hydrogen (secondary N) is 1. The van der Waals surface area contributed by atoms with Crippen molar-refractivity contribution in [1.82, 2.24) is 10.2 Å². The molecule has 1 atom stereocenters. The maximum Gasteiger partial charge on any atom is 0.234 e. The monoisotopic (exact) mass is 284 g/mol. The molecule has 0 aliphatic heterocycles. The Hall–Kier alpha value is -0.610. The molecule has 1 saturated carbocycles. The van der Waals surface area contributed by atoms with Crippen molar-refractivity contribution in [3.05, 3.63) is 0 Å². The molecule has 20 heavy (non-hydrogen) atoms. The summed E-state index contributed by atoms with van der Waals surface area (Å²) in [6, 6.07) is 0.382. The first kappa shape index (κ1) is 17.4. The number of rotatable bonds is 8. The molecule has 1 aliphatic rings. The third kappa shape index (κ3) is 6.23. The molecule has 0 bridgehead atoms. The molecule has 1 fully saturated rings. The number of carbonyl (C=O) groups is 1. The molecule has 1 aliphatic carbocycles. The van der Waals surface area contributed by atoms with E-state index in [2.05, 4.69) is 31.0 Å². The van der Waals surface area contributed by atoms with E-state index in [9.17, 15) is 9.90 Å². The van der Waals surface area contributed by atoms with Crippen molar-refractivity contribution < 1.29 is 9.90 Å². The Morgan fingerprint density at radius 3 is 2.45 bits per heavy atom. The van der Waals surface area contributed by atoms with Crippen LogP contribution < -0.4 is 5.32 Å². The second kappa shape index (κ2) is 9.35. The second-order valence-electron chi connectivity index (χ2n) is 6.53. The molecule has 2 N–H and O–H groups in total. The third-order valence-electron chi connectivity index (χ3n) is 4.35. The van der Waals surface area contributed by atoms with Gasteiger partial charge < -0.3 is 10.4 Å². The van der Waals surface area contributed by atoms with Crippen LogP contribution in [0.2, 0.25) is 0 Å². The lowest BCUT2D eigenvalue weighted by Crippen LogP contribution is -2.46. The fourth-order valence-corrected chi connectivity index (χ4v) is 3.03. The molecule has 0 radical (unpaired) electrons. The third-order valence-corrected chi connectivity index (χ3v) is 4.35. The number of aliphatic hydroxyl groups excluding tert-OH is 1. The van der Waals surface area contributed by atoms with Gasteiger partial charge in [-0.25, -0.2) is 0 Å². The molecule has 118 valence electrons. The number of carbonyl (C=O) groups excluding carboxylic acids is 1. The number of hydrogen-bond acceptors (Lipinski definition) is 3. The molecule has 0 aromatic rings. The second-order valence-corrected chi connectivity index (χ2v) is 6.53. The summed E-state index contributed by atoms with van der Waals surface area (Å²) < 4.78 is 0. The molecule has 1 amide bonds. The van der Waals surface area contributed by atoms with Crippen LogP contribution in [0.25, 0.3) is 0 Å². The fourth-order valence-electron chi connectivity index (χ4n) is 3.03. The van der Waals surface area contributed by atoms with Crippen molar-refractivity contribution in [3.63, 3.8) is 0 Å². The maximum absolute atomic E-state index is 12.0. The van der Waals surface area contributed by atoms with Crippen LogP contribution in [0, 0.1) is 11.8 Å². The van der Waals surface area contributed by atoms with Crippen LogP contribution in [-0.2, 0) is 4.79 Å². The molecule has 0 saturated heterocycles. The number of amides is 1. The average molecular weight is 284 g/mol. The summed E-state index contributed by atoms with van der Waals surface area (Å²) in [5, 5.41) is 12.2. The van der Waals surface area contributed by atoms with Gasteiger partial charge in [-0.3, -0.25) is 9.69 Å². The van der Waals surface area contributed by atoms with Gasteiger partial charge in [0, 0.05) is 19.1 Å². The lowest BCUT2D eigenvalue weighted by Gasteiger charge is -2.36. The van der Waals surface area contributed by atoms with Crippen molar-refractivity contribution in [2.75, 3.05) is 26.2 Å². The predicted molar refractivity (Wildman–Crippen MR) is 82.5 cm³/mol. The van der Waals surface area contributed by atoms with E-state index < -0.39 is 0 Å². The lowest BCUT2D eigenvalue weighted by molar-refractivity contribution is -0.123. The average Bonchev–Trinajstić information content (AvgIpc) is 2.45. The Kier molecular flexibility index (Phi) is 8.15. The first-order valence-corrected chi connectivity index (χ1v) is 8.16. The maximum atomic E-state index is 12.0. The molecule has 1 rings (SSSR count). The number of hydrogen-bond donors (Lipinski definition) is 2. The van der Waals surface area contributed by atoms with E-state index >= 15 is 0 Å². The van der Waals surface area contributed by atoms with Crippen LogP contribution in [-0.4, -0.2) is 48.2 Å². The van der Waals surface area contributed by atoms with Crippen molar-refractivity contribution >= 4 is 5.91 Å². The first-order valence-electron chi connectivity index (χ1n) is 8.16. The largest absolute Gasteiger partial charge is 0.395 e. The minimum absolute atomic E-state index is 0.0785. The van der Waals surface area contributed by atoms with Gasteiger partial charge >= 0.3 is 0 Å². The molecule has 4 heteroatoms. The molecule has 4 nitrogen and oxygen atoms in total. The Morgan fingerprint density at radius 1 is 1.25 bits per heavy atom. The van der Waals surface area contributed by atoms with Crippen molar-refractivity contribution in [2.45, 2.75) is 58.9 Å². The van der Waals surface area contributed by atoms with E-state index in [-0.39, 0.29) is 12.5 Å². The van der Waals surface area contributed by atoms with Crippen LogP contribution in [0.1, 0.15) is 52.9 Å². The topological polar surface area (TPSA) is 52.6 Å². The Bertz CT molecular complexity index is 276. The quantitative estimate of drug-likeness (QED) is 0.717. The van der Waals surface area contributed by atoms with Gasteiger partial charge in [0.15, 0.2) is 0 Å². The van der Waals surface area contributed by atoms with Gasteiger partial charge in [-0.1, -0.05) is 33.1 Å². The van der Waals surface area contributed by atoms with Crippen LogP contribution in [0.4, 0.5) is 0 Å². The lowest BCUT2D eigenvalue weighted by atomic mass is 9.84. The summed E-state index contributed by atoms with van der Waals surface area (Å²) >= 11 is 0. The smallest absolute Gasteiger partial charge is 0.234 e. The summed E-state index contributed by atoms with van der Waals surface area (Å²) in [6.07, 6.45) is 6.48. The highest BCUT2D eigenvalue weighted by Crippen LogP contribution is 2.28. The van der Waals surface area contributed by atoms with Crippen LogP contribution in [0.3, 0.4) is 0 Å². The summed E-state index contributed by atoms with van der Waals surface area (Å²) in [5.41, 5.74) is 0. The summed E-state index contributed by atoms with van der Waals surface area (Å²) in [7, 11) is 0. The summed E-state index contributed by atoms with van der Waals surface area (Å²) in [5.74, 6) is 1.23. The van der Waals surface area contributed by atoms with E-state index in [1.165, 1.54) is 32.1 Å². The molecule has 0 aromatic carbocycles. The van der Waals surface area contributed by atoms with E-state index in [1.54, 1.807) is 0 Å². The van der Waals surface area contributed by atoms with Gasteiger partial charge in [0.05, 0.1) is 13.2 Å². The van der Waals surface area contributed by atoms with Gasteiger partial charge in [-0.05, 0) is 31.6 Å². The van der Waals surface area contributed by atoms with E-state index in [0.29, 0.717) is 31.0 Å². The van der Waals surface area contributed by atoms with E-state index in [0.717, 1.165) is 6.54 Å². The van der Waals surface area contributed by atoms with E-state index in [4.69, 9.17) is 0 Å². The minimum Gasteiger partial charge on any atom is -0.395 e. The van der Waals surface area contributed by atoms with Gasteiger partial charge in [0.25, 0.3) is 0 Å². The first-order chi connectivity index (χ1) is 9.54. The SMILES string of the molecule is CC(C)CNC(=O)CN(CCO)[C@H](C)C1CCCCC1. The highest BCUT2D eigenvalue weighted by molar-refractivity contribution is 5.78. The summed E-state index contributed by atoms with van der Waals surface area (Å²) in [4.78, 5) is 14.1. The highest BCUT2D eigenvalue weighted by atomic mass is 16.3. The number of nitrogens with zero attached hydrogens (tertiary/aromatic N) is 1. The van der Waals surface area contributed by atoms with Crippen molar-refractivity contribution in [2.24, 2.45) is 11.8 Å². The highest BCUT2D eigenvalue weighted by Gasteiger charge is 2.26. The number of aliphatic hydroxyl groups is 1. The standard InChI is InChI=1S/C16H32N2O2/c1-13(2)11-17-16(20)12-18(9-10-19)14(3)15-7-5-4-6-8-15/h13-15,19H,4-12H2,1-3H3,(H,17,20)/t14-/m1/s1.